The number of hydrogen-bond donors (Lipinski definition) is 2. The molecule has 5 rings (SSSR count). The number of aromatic nitrogens is 5. The molecular weight excluding hydrogens is 522 g/mol. The van der Waals surface area contributed by atoms with Crippen molar-refractivity contribution in [1.29, 1.82) is 0 Å². The van der Waals surface area contributed by atoms with Crippen LogP contribution in [0.25, 0.3) is 22.8 Å². The SMILES string of the molecule is Cc1ccc(N(c2ccc(C)cc2)c2cc(-c3cc(C(F)(F)F)n[nH]3)nc(-c3cc(C(F)(F)F)n[nH]3)c2)cc1. The van der Waals surface area contributed by atoms with Gasteiger partial charge in [-0.1, -0.05) is 35.4 Å². The number of aryl methyl sites for hydroxylation is 2. The fraction of sp³-hybridized carbons (Fsp3) is 0.148. The van der Waals surface area contributed by atoms with Crippen molar-refractivity contribution < 1.29 is 26.3 Å². The highest BCUT2D eigenvalue weighted by molar-refractivity contribution is 5.81. The normalized spacial score (nSPS) is 12.1. The van der Waals surface area contributed by atoms with Crippen LogP contribution in [0.1, 0.15) is 22.5 Å². The molecule has 2 aromatic carbocycles. The molecule has 0 amide bonds. The lowest BCUT2D eigenvalue weighted by molar-refractivity contribution is -0.142. The van der Waals surface area contributed by atoms with Crippen molar-refractivity contribution in [3.05, 3.63) is 95.3 Å². The first-order chi connectivity index (χ1) is 18.4. The van der Waals surface area contributed by atoms with Gasteiger partial charge in [-0.15, -0.1) is 0 Å². The van der Waals surface area contributed by atoms with E-state index in [4.69, 9.17) is 0 Å². The first-order valence-electron chi connectivity index (χ1n) is 11.6. The molecule has 0 saturated carbocycles. The van der Waals surface area contributed by atoms with Crippen LogP contribution in [0.2, 0.25) is 0 Å². The van der Waals surface area contributed by atoms with Gasteiger partial charge in [0.15, 0.2) is 11.4 Å². The fourth-order valence-corrected chi connectivity index (χ4v) is 3.95. The average Bonchev–Trinajstić information content (AvgIpc) is 3.57. The van der Waals surface area contributed by atoms with Crippen molar-refractivity contribution in [2.75, 3.05) is 4.90 Å². The Morgan fingerprint density at radius 2 is 0.949 bits per heavy atom. The van der Waals surface area contributed by atoms with E-state index in [9.17, 15) is 26.3 Å². The van der Waals surface area contributed by atoms with Crippen molar-refractivity contribution in [3.8, 4) is 22.8 Å². The molecule has 0 aliphatic heterocycles. The van der Waals surface area contributed by atoms with Crippen LogP contribution < -0.4 is 4.90 Å². The number of aromatic amines is 2. The summed E-state index contributed by atoms with van der Waals surface area (Å²) < 4.78 is 79.6. The van der Waals surface area contributed by atoms with E-state index in [1.807, 2.05) is 67.3 Å². The molecular formula is C27H20F6N6. The summed E-state index contributed by atoms with van der Waals surface area (Å²) >= 11 is 0. The Labute approximate surface area is 218 Å². The molecule has 5 aromatic rings. The van der Waals surface area contributed by atoms with E-state index in [1.165, 1.54) is 12.1 Å². The van der Waals surface area contributed by atoms with Crippen LogP contribution in [0.5, 0.6) is 0 Å². The Balaban J connectivity index is 1.73. The third kappa shape index (κ3) is 5.49. The number of alkyl halides is 6. The van der Waals surface area contributed by atoms with E-state index in [1.54, 1.807) is 0 Å². The molecule has 0 radical (unpaired) electrons. The summed E-state index contributed by atoms with van der Waals surface area (Å²) in [7, 11) is 0. The van der Waals surface area contributed by atoms with Crippen LogP contribution in [0.15, 0.2) is 72.8 Å². The second kappa shape index (κ2) is 9.61. The van der Waals surface area contributed by atoms with Gasteiger partial charge in [0.1, 0.15) is 0 Å². The summed E-state index contributed by atoms with van der Waals surface area (Å²) in [5, 5.41) is 11.4. The average molecular weight is 542 g/mol. The van der Waals surface area contributed by atoms with Crippen LogP contribution in [-0.2, 0) is 12.4 Å². The zero-order valence-electron chi connectivity index (χ0n) is 20.5. The lowest BCUT2D eigenvalue weighted by Crippen LogP contribution is -2.11. The van der Waals surface area contributed by atoms with Crippen LogP contribution in [0, 0.1) is 13.8 Å². The highest BCUT2D eigenvalue weighted by Gasteiger charge is 2.35. The van der Waals surface area contributed by atoms with Crippen molar-refractivity contribution in [1.82, 2.24) is 25.4 Å². The van der Waals surface area contributed by atoms with Crippen molar-refractivity contribution in [3.63, 3.8) is 0 Å². The first-order valence-corrected chi connectivity index (χ1v) is 11.6. The van der Waals surface area contributed by atoms with E-state index in [0.717, 1.165) is 23.3 Å². The lowest BCUT2D eigenvalue weighted by Gasteiger charge is -2.26. The number of H-pyrrole nitrogens is 2. The number of halogens is 6. The summed E-state index contributed by atoms with van der Waals surface area (Å²) in [6, 6.07) is 19.7. The van der Waals surface area contributed by atoms with Gasteiger partial charge in [0.05, 0.1) is 28.5 Å². The maximum atomic E-state index is 13.3. The van der Waals surface area contributed by atoms with E-state index in [-0.39, 0.29) is 22.8 Å². The zero-order chi connectivity index (χ0) is 27.9. The third-order valence-corrected chi connectivity index (χ3v) is 5.94. The second-order valence-electron chi connectivity index (χ2n) is 8.93. The quantitative estimate of drug-likeness (QED) is 0.221. The minimum absolute atomic E-state index is 0.0397. The van der Waals surface area contributed by atoms with Crippen LogP contribution >= 0.6 is 0 Å². The van der Waals surface area contributed by atoms with Crippen LogP contribution in [0.3, 0.4) is 0 Å². The number of benzene rings is 2. The molecule has 2 N–H and O–H groups in total. The highest BCUT2D eigenvalue weighted by Crippen LogP contribution is 2.39. The minimum atomic E-state index is -4.70. The van der Waals surface area contributed by atoms with Crippen molar-refractivity contribution in [2.24, 2.45) is 0 Å². The molecule has 0 saturated heterocycles. The molecule has 0 fully saturated rings. The lowest BCUT2D eigenvalue weighted by atomic mass is 10.1. The summed E-state index contributed by atoms with van der Waals surface area (Å²) in [5.74, 6) is 0. The molecule has 0 aliphatic carbocycles. The molecule has 0 atom stereocenters. The number of pyridine rings is 1. The molecule has 12 heteroatoms. The molecule has 200 valence electrons. The number of rotatable bonds is 5. The monoisotopic (exact) mass is 542 g/mol. The number of nitrogens with zero attached hydrogens (tertiary/aromatic N) is 4. The molecule has 3 aromatic heterocycles. The van der Waals surface area contributed by atoms with Gasteiger partial charge in [-0.3, -0.25) is 10.2 Å². The van der Waals surface area contributed by atoms with Gasteiger partial charge in [-0.25, -0.2) is 4.98 Å². The molecule has 6 nitrogen and oxygen atoms in total. The number of nitrogens with one attached hydrogen (secondary N) is 2. The Morgan fingerprint density at radius 1 is 0.564 bits per heavy atom. The molecule has 3 heterocycles. The van der Waals surface area contributed by atoms with Crippen molar-refractivity contribution in [2.45, 2.75) is 26.2 Å². The Morgan fingerprint density at radius 3 is 1.28 bits per heavy atom. The standard InChI is InChI=1S/C27H20F6N6/c1-15-3-7-17(8-4-15)39(18-9-5-16(2)6-10-18)19-11-20(22-13-24(37-35-22)26(28,29)30)34-21(12-19)23-14-25(38-36-23)27(31,32)33/h3-14H,1-2H3,(H,35,37)(H,36,38). The Kier molecular flexibility index (Phi) is 6.41. The largest absolute Gasteiger partial charge is 0.435 e. The van der Waals surface area contributed by atoms with Gasteiger partial charge in [-0.2, -0.15) is 36.5 Å². The predicted octanol–water partition coefficient (Wildman–Crippen LogP) is 7.99. The fourth-order valence-electron chi connectivity index (χ4n) is 3.95. The van der Waals surface area contributed by atoms with Gasteiger partial charge >= 0.3 is 12.4 Å². The van der Waals surface area contributed by atoms with Gasteiger partial charge in [0.2, 0.25) is 0 Å². The summed E-state index contributed by atoms with van der Waals surface area (Å²) in [6.45, 7) is 3.85. The first kappa shape index (κ1) is 26.0. The van der Waals surface area contributed by atoms with E-state index in [0.29, 0.717) is 17.1 Å². The summed E-state index contributed by atoms with van der Waals surface area (Å²) in [6.07, 6.45) is -9.40. The van der Waals surface area contributed by atoms with Gasteiger partial charge < -0.3 is 4.90 Å². The molecule has 0 bridgehead atoms. The van der Waals surface area contributed by atoms with E-state index in [2.05, 4.69) is 25.4 Å². The molecule has 39 heavy (non-hydrogen) atoms. The van der Waals surface area contributed by atoms with Gasteiger partial charge in [0.25, 0.3) is 0 Å². The van der Waals surface area contributed by atoms with Gasteiger partial charge in [0, 0.05) is 11.4 Å². The molecule has 0 unspecified atom stereocenters. The van der Waals surface area contributed by atoms with Crippen molar-refractivity contribution >= 4 is 17.1 Å². The summed E-state index contributed by atoms with van der Waals surface area (Å²) in [4.78, 5) is 6.19. The van der Waals surface area contributed by atoms with E-state index >= 15 is 0 Å². The Bertz CT molecular complexity index is 1480. The molecule has 0 aliphatic rings. The topological polar surface area (TPSA) is 73.5 Å². The number of hydrogen-bond acceptors (Lipinski definition) is 4. The maximum Gasteiger partial charge on any atom is 0.435 e. The van der Waals surface area contributed by atoms with E-state index < -0.39 is 23.7 Å². The predicted molar refractivity (Wildman–Crippen MR) is 134 cm³/mol. The number of anilines is 3. The highest BCUT2D eigenvalue weighted by atomic mass is 19.4. The minimum Gasteiger partial charge on any atom is -0.310 e. The smallest absolute Gasteiger partial charge is 0.310 e. The Hall–Kier alpha value is -4.61. The van der Waals surface area contributed by atoms with Gasteiger partial charge in [-0.05, 0) is 62.4 Å². The van der Waals surface area contributed by atoms with Crippen LogP contribution in [-0.4, -0.2) is 25.4 Å². The third-order valence-electron chi connectivity index (χ3n) is 5.94. The second-order valence-corrected chi connectivity index (χ2v) is 8.93. The maximum absolute atomic E-state index is 13.3. The molecule has 0 spiro atoms. The zero-order valence-corrected chi connectivity index (χ0v) is 20.5. The summed E-state index contributed by atoms with van der Waals surface area (Å²) in [5.41, 5.74) is 1.54. The van der Waals surface area contributed by atoms with Crippen LogP contribution in [0.4, 0.5) is 43.4 Å².